The summed E-state index contributed by atoms with van der Waals surface area (Å²) >= 11 is 0. The highest BCUT2D eigenvalue weighted by Crippen LogP contribution is 2.45. The number of para-hydroxylation sites is 1. The van der Waals surface area contributed by atoms with Gasteiger partial charge in [0.2, 0.25) is 0 Å². The van der Waals surface area contributed by atoms with E-state index in [0.29, 0.717) is 17.6 Å². The molecular formula is C19H21N5O. The second-order valence-electron chi connectivity index (χ2n) is 7.25. The van der Waals surface area contributed by atoms with Crippen LogP contribution in [0.2, 0.25) is 0 Å². The Morgan fingerprint density at radius 3 is 2.60 bits per heavy atom. The minimum absolute atomic E-state index is 0.434. The van der Waals surface area contributed by atoms with E-state index in [1.54, 1.807) is 0 Å². The molecule has 2 fully saturated rings. The zero-order valence-electron chi connectivity index (χ0n) is 14.1. The molecule has 2 heterocycles. The molecule has 0 aliphatic heterocycles. The van der Waals surface area contributed by atoms with Crippen molar-refractivity contribution in [1.29, 1.82) is 0 Å². The van der Waals surface area contributed by atoms with E-state index in [-0.39, 0.29) is 0 Å². The van der Waals surface area contributed by atoms with E-state index in [1.165, 1.54) is 18.5 Å². The monoisotopic (exact) mass is 335 g/mol. The number of nitrogens with zero attached hydrogens (tertiary/aromatic N) is 4. The Kier molecular flexibility index (Phi) is 3.28. The lowest BCUT2D eigenvalue weighted by Crippen LogP contribution is -2.34. The van der Waals surface area contributed by atoms with Crippen LogP contribution in [0.15, 0.2) is 41.1 Å². The maximum absolute atomic E-state index is 6.47. The van der Waals surface area contributed by atoms with Gasteiger partial charge in [0.25, 0.3) is 5.89 Å². The van der Waals surface area contributed by atoms with Crippen LogP contribution in [0.3, 0.4) is 0 Å². The predicted molar refractivity (Wildman–Crippen MR) is 93.2 cm³/mol. The molecule has 2 saturated carbocycles. The van der Waals surface area contributed by atoms with Crippen LogP contribution in [0.25, 0.3) is 17.1 Å². The molecule has 25 heavy (non-hydrogen) atoms. The normalized spacial score (nSPS) is 19.4. The first-order chi connectivity index (χ1) is 12.2. The molecule has 5 rings (SSSR count). The molecule has 0 bridgehead atoms. The molecule has 2 N–H and O–H groups in total. The summed E-state index contributed by atoms with van der Waals surface area (Å²) in [4.78, 5) is 4.66. The van der Waals surface area contributed by atoms with Gasteiger partial charge in [-0.3, -0.25) is 0 Å². The van der Waals surface area contributed by atoms with Gasteiger partial charge in [-0.2, -0.15) is 10.1 Å². The van der Waals surface area contributed by atoms with Gasteiger partial charge in [-0.25, -0.2) is 4.68 Å². The lowest BCUT2D eigenvalue weighted by atomic mass is 9.98. The van der Waals surface area contributed by atoms with Crippen molar-refractivity contribution in [2.24, 2.45) is 5.73 Å². The summed E-state index contributed by atoms with van der Waals surface area (Å²) < 4.78 is 7.61. The van der Waals surface area contributed by atoms with Crippen molar-refractivity contribution in [3.05, 3.63) is 48.0 Å². The third-order valence-electron chi connectivity index (χ3n) is 5.37. The van der Waals surface area contributed by atoms with Gasteiger partial charge in [0.05, 0.1) is 28.7 Å². The fourth-order valence-electron chi connectivity index (χ4n) is 3.81. The number of benzene rings is 1. The second-order valence-corrected chi connectivity index (χ2v) is 7.25. The summed E-state index contributed by atoms with van der Waals surface area (Å²) in [6, 6.07) is 10.2. The van der Waals surface area contributed by atoms with E-state index in [4.69, 9.17) is 10.3 Å². The van der Waals surface area contributed by atoms with Crippen LogP contribution in [-0.4, -0.2) is 19.9 Å². The van der Waals surface area contributed by atoms with Crippen LogP contribution < -0.4 is 5.73 Å². The molecule has 2 aliphatic rings. The third-order valence-corrected chi connectivity index (χ3v) is 5.37. The zero-order chi connectivity index (χ0) is 16.9. The Morgan fingerprint density at radius 2 is 1.88 bits per heavy atom. The van der Waals surface area contributed by atoms with Crippen molar-refractivity contribution in [3.8, 4) is 17.1 Å². The summed E-state index contributed by atoms with van der Waals surface area (Å²) in [5, 5.41) is 8.81. The number of hydrogen-bond acceptors (Lipinski definition) is 5. The summed E-state index contributed by atoms with van der Waals surface area (Å²) in [7, 11) is 0. The summed E-state index contributed by atoms with van der Waals surface area (Å²) in [6.07, 6.45) is 8.28. The Labute approximate surface area is 146 Å². The average molecular weight is 335 g/mol. The Hall–Kier alpha value is -2.47. The standard InChI is InChI=1S/C19H21N5O/c20-19(10-4-5-11-19)18-22-17(25-23-18)15-12-21-24(16(15)13-8-9-13)14-6-2-1-3-7-14/h1-3,6-7,12-13H,4-5,8-11,20H2. The van der Waals surface area contributed by atoms with E-state index in [9.17, 15) is 0 Å². The molecule has 3 aromatic rings. The van der Waals surface area contributed by atoms with E-state index in [1.807, 2.05) is 29.1 Å². The lowest BCUT2D eigenvalue weighted by Gasteiger charge is -2.17. The topological polar surface area (TPSA) is 82.8 Å². The molecule has 0 amide bonds. The summed E-state index contributed by atoms with van der Waals surface area (Å²) in [5.41, 5.74) is 9.20. The number of aromatic nitrogens is 4. The fraction of sp³-hybridized carbons (Fsp3) is 0.421. The van der Waals surface area contributed by atoms with Gasteiger partial charge >= 0.3 is 0 Å². The zero-order valence-corrected chi connectivity index (χ0v) is 14.1. The molecule has 6 heteroatoms. The van der Waals surface area contributed by atoms with E-state index in [0.717, 1.165) is 36.9 Å². The van der Waals surface area contributed by atoms with Gasteiger partial charge in [-0.1, -0.05) is 36.2 Å². The SMILES string of the molecule is NC1(c2noc(-c3cnn(-c4ccccc4)c3C3CC3)n2)CCCC1. The average Bonchev–Trinajstić information content (AvgIpc) is 3.05. The van der Waals surface area contributed by atoms with Crippen LogP contribution in [-0.2, 0) is 5.54 Å². The first-order valence-corrected chi connectivity index (χ1v) is 9.01. The van der Waals surface area contributed by atoms with Crippen LogP contribution in [0.5, 0.6) is 0 Å². The maximum atomic E-state index is 6.47. The largest absolute Gasteiger partial charge is 0.334 e. The highest BCUT2D eigenvalue weighted by atomic mass is 16.5. The second kappa shape index (κ2) is 5.52. The fourth-order valence-corrected chi connectivity index (χ4v) is 3.81. The van der Waals surface area contributed by atoms with Crippen LogP contribution in [0.4, 0.5) is 0 Å². The number of nitrogens with two attached hydrogens (primary N) is 1. The van der Waals surface area contributed by atoms with Gasteiger partial charge in [-0.15, -0.1) is 0 Å². The first kappa shape index (κ1) is 14.8. The molecule has 0 atom stereocenters. The highest BCUT2D eigenvalue weighted by Gasteiger charge is 2.37. The smallest absolute Gasteiger partial charge is 0.261 e. The van der Waals surface area contributed by atoms with Crippen molar-refractivity contribution in [2.45, 2.75) is 50.0 Å². The van der Waals surface area contributed by atoms with Crippen molar-refractivity contribution in [2.75, 3.05) is 0 Å². The van der Waals surface area contributed by atoms with Gasteiger partial charge < -0.3 is 10.3 Å². The molecule has 128 valence electrons. The predicted octanol–water partition coefficient (Wildman–Crippen LogP) is 3.53. The summed E-state index contributed by atoms with van der Waals surface area (Å²) in [5.74, 6) is 1.68. The van der Waals surface area contributed by atoms with E-state index < -0.39 is 5.54 Å². The van der Waals surface area contributed by atoms with Crippen LogP contribution in [0, 0.1) is 0 Å². The van der Waals surface area contributed by atoms with Gasteiger partial charge in [0.1, 0.15) is 0 Å². The van der Waals surface area contributed by atoms with E-state index >= 15 is 0 Å². The Bertz CT molecular complexity index is 888. The van der Waals surface area contributed by atoms with Crippen molar-refractivity contribution in [3.63, 3.8) is 0 Å². The van der Waals surface area contributed by atoms with Crippen LogP contribution in [0.1, 0.15) is 56.0 Å². The molecule has 2 aliphatic carbocycles. The van der Waals surface area contributed by atoms with Gasteiger partial charge in [-0.05, 0) is 37.8 Å². The minimum atomic E-state index is -0.434. The Morgan fingerprint density at radius 1 is 1.12 bits per heavy atom. The molecule has 0 spiro atoms. The maximum Gasteiger partial charge on any atom is 0.261 e. The van der Waals surface area contributed by atoms with Crippen molar-refractivity contribution >= 4 is 0 Å². The van der Waals surface area contributed by atoms with Crippen molar-refractivity contribution in [1.82, 2.24) is 19.9 Å². The first-order valence-electron chi connectivity index (χ1n) is 9.01. The minimum Gasteiger partial charge on any atom is -0.334 e. The quantitative estimate of drug-likeness (QED) is 0.788. The van der Waals surface area contributed by atoms with Crippen LogP contribution >= 0.6 is 0 Å². The summed E-state index contributed by atoms with van der Waals surface area (Å²) in [6.45, 7) is 0. The molecule has 1 aromatic carbocycles. The molecule has 0 unspecified atom stereocenters. The molecule has 2 aromatic heterocycles. The van der Waals surface area contributed by atoms with Gasteiger partial charge in [0.15, 0.2) is 5.82 Å². The number of rotatable bonds is 4. The highest BCUT2D eigenvalue weighted by molar-refractivity contribution is 5.59. The molecular weight excluding hydrogens is 314 g/mol. The molecule has 0 radical (unpaired) electrons. The third kappa shape index (κ3) is 2.48. The number of hydrogen-bond donors (Lipinski definition) is 1. The molecule has 0 saturated heterocycles. The lowest BCUT2D eigenvalue weighted by molar-refractivity contribution is 0.372. The Balaban J connectivity index is 1.57. The van der Waals surface area contributed by atoms with Crippen molar-refractivity contribution < 1.29 is 4.52 Å². The van der Waals surface area contributed by atoms with Gasteiger partial charge in [0, 0.05) is 5.92 Å². The molecule has 6 nitrogen and oxygen atoms in total. The van der Waals surface area contributed by atoms with E-state index in [2.05, 4.69) is 27.4 Å².